The van der Waals surface area contributed by atoms with E-state index in [0.29, 0.717) is 25.5 Å². The van der Waals surface area contributed by atoms with Gasteiger partial charge in [0.1, 0.15) is 0 Å². The zero-order chi connectivity index (χ0) is 21.3. The van der Waals surface area contributed by atoms with Crippen LogP contribution < -0.4 is 10.6 Å². The third kappa shape index (κ3) is 8.05. The van der Waals surface area contributed by atoms with Gasteiger partial charge in [0.15, 0.2) is 15.8 Å². The maximum absolute atomic E-state index is 12.6. The van der Waals surface area contributed by atoms with E-state index in [-0.39, 0.29) is 46.8 Å². The maximum atomic E-state index is 12.6. The number of hydrogen-bond acceptors (Lipinski definition) is 4. The SMILES string of the molecule is CN=C(NCCCS(=O)(=O)Cc1ccccc1)NCC1(C(=O)N(C)C)CCCC1.I. The molecule has 0 bridgehead atoms. The molecule has 9 heteroatoms. The van der Waals surface area contributed by atoms with Gasteiger partial charge in [-0.3, -0.25) is 9.79 Å². The van der Waals surface area contributed by atoms with Gasteiger partial charge in [-0.1, -0.05) is 43.2 Å². The van der Waals surface area contributed by atoms with Gasteiger partial charge in [0, 0.05) is 34.2 Å². The monoisotopic (exact) mass is 550 g/mol. The smallest absolute Gasteiger partial charge is 0.230 e. The molecule has 0 atom stereocenters. The molecule has 1 saturated carbocycles. The van der Waals surface area contributed by atoms with Gasteiger partial charge < -0.3 is 15.5 Å². The quantitative estimate of drug-likeness (QED) is 0.213. The highest BCUT2D eigenvalue weighted by Crippen LogP contribution is 2.38. The number of halogens is 1. The number of hydrogen-bond donors (Lipinski definition) is 2. The Labute approximate surface area is 198 Å². The lowest BCUT2D eigenvalue weighted by atomic mass is 9.84. The number of rotatable bonds is 9. The number of carbonyl (C=O) groups excluding carboxylic acids is 1. The van der Waals surface area contributed by atoms with E-state index >= 15 is 0 Å². The fourth-order valence-electron chi connectivity index (χ4n) is 3.87. The number of amides is 1. The van der Waals surface area contributed by atoms with E-state index in [0.717, 1.165) is 31.2 Å². The first-order valence-corrected chi connectivity index (χ1v) is 12.0. The number of carbonyl (C=O) groups is 1. The summed E-state index contributed by atoms with van der Waals surface area (Å²) in [4.78, 5) is 18.5. The molecule has 1 amide bonds. The predicted molar refractivity (Wildman–Crippen MR) is 133 cm³/mol. The van der Waals surface area contributed by atoms with E-state index in [4.69, 9.17) is 0 Å². The molecule has 0 aliphatic heterocycles. The van der Waals surface area contributed by atoms with Crippen molar-refractivity contribution in [3.63, 3.8) is 0 Å². The normalized spacial score (nSPS) is 15.9. The molecular formula is C21H35IN4O3S. The number of aliphatic imine (C=N–C) groups is 1. The minimum Gasteiger partial charge on any atom is -0.356 e. The van der Waals surface area contributed by atoms with Crippen molar-refractivity contribution in [2.24, 2.45) is 10.4 Å². The Morgan fingerprint density at radius 2 is 1.77 bits per heavy atom. The summed E-state index contributed by atoms with van der Waals surface area (Å²) in [5.41, 5.74) is 0.436. The van der Waals surface area contributed by atoms with Crippen LogP contribution in [0, 0.1) is 5.41 Å². The molecule has 1 aromatic rings. The first-order chi connectivity index (χ1) is 13.8. The number of guanidine groups is 1. The van der Waals surface area contributed by atoms with Crippen LogP contribution in [-0.4, -0.2) is 65.2 Å². The molecule has 1 aliphatic carbocycles. The van der Waals surface area contributed by atoms with Crippen LogP contribution >= 0.6 is 24.0 Å². The van der Waals surface area contributed by atoms with Crippen molar-refractivity contribution in [2.45, 2.75) is 37.9 Å². The molecule has 1 aliphatic rings. The molecule has 170 valence electrons. The standard InChI is InChI=1S/C21H34N4O3S.HI/c1-22-20(24-17-21(12-7-8-13-21)19(26)25(2)3)23-14-9-15-29(27,28)16-18-10-5-4-6-11-18;/h4-6,10-11H,7-9,12-17H2,1-3H3,(H2,22,23,24);1H. The molecule has 7 nitrogen and oxygen atoms in total. The summed E-state index contributed by atoms with van der Waals surface area (Å²) >= 11 is 0. The molecule has 2 rings (SSSR count). The van der Waals surface area contributed by atoms with Crippen molar-refractivity contribution in [1.29, 1.82) is 0 Å². The Kier molecular flexibility index (Phi) is 11.1. The van der Waals surface area contributed by atoms with Crippen LogP contribution in [0.15, 0.2) is 35.3 Å². The molecule has 2 N–H and O–H groups in total. The van der Waals surface area contributed by atoms with E-state index in [9.17, 15) is 13.2 Å². The van der Waals surface area contributed by atoms with Crippen molar-refractivity contribution in [1.82, 2.24) is 15.5 Å². The lowest BCUT2D eigenvalue weighted by molar-refractivity contribution is -0.138. The Bertz CT molecular complexity index is 792. The van der Waals surface area contributed by atoms with Crippen LogP contribution in [0.1, 0.15) is 37.7 Å². The zero-order valence-corrected chi connectivity index (χ0v) is 21.3. The topological polar surface area (TPSA) is 90.9 Å². The van der Waals surface area contributed by atoms with Crippen LogP contribution in [0.2, 0.25) is 0 Å². The van der Waals surface area contributed by atoms with Gasteiger partial charge in [0.25, 0.3) is 0 Å². The number of nitrogens with one attached hydrogen (secondary N) is 2. The van der Waals surface area contributed by atoms with E-state index in [1.54, 1.807) is 26.0 Å². The van der Waals surface area contributed by atoms with Crippen LogP contribution in [0.3, 0.4) is 0 Å². The van der Waals surface area contributed by atoms with Crippen molar-refractivity contribution < 1.29 is 13.2 Å². The lowest BCUT2D eigenvalue weighted by Crippen LogP contribution is -2.49. The summed E-state index contributed by atoms with van der Waals surface area (Å²) in [7, 11) is 2.13. The number of nitrogens with zero attached hydrogens (tertiary/aromatic N) is 2. The summed E-state index contributed by atoms with van der Waals surface area (Å²) in [6, 6.07) is 9.23. The second kappa shape index (κ2) is 12.5. The van der Waals surface area contributed by atoms with Gasteiger partial charge >= 0.3 is 0 Å². The van der Waals surface area contributed by atoms with E-state index in [2.05, 4.69) is 15.6 Å². The molecule has 1 aromatic carbocycles. The largest absolute Gasteiger partial charge is 0.356 e. The minimum atomic E-state index is -3.15. The first kappa shape index (κ1) is 26.7. The van der Waals surface area contributed by atoms with Crippen molar-refractivity contribution in [3.05, 3.63) is 35.9 Å². The molecule has 0 radical (unpaired) electrons. The minimum absolute atomic E-state index is 0. The van der Waals surface area contributed by atoms with Gasteiger partial charge in [-0.2, -0.15) is 0 Å². The molecule has 0 saturated heterocycles. The Morgan fingerprint density at radius 3 is 2.33 bits per heavy atom. The van der Waals surface area contributed by atoms with Crippen molar-refractivity contribution in [3.8, 4) is 0 Å². The Hall–Kier alpha value is -1.36. The molecular weight excluding hydrogens is 515 g/mol. The van der Waals surface area contributed by atoms with Crippen LogP contribution in [0.4, 0.5) is 0 Å². The molecule has 30 heavy (non-hydrogen) atoms. The van der Waals surface area contributed by atoms with Gasteiger partial charge in [-0.15, -0.1) is 24.0 Å². The average Bonchev–Trinajstić information content (AvgIpc) is 3.17. The molecule has 0 unspecified atom stereocenters. The summed E-state index contributed by atoms with van der Waals surface area (Å²) in [5, 5.41) is 6.43. The third-order valence-electron chi connectivity index (χ3n) is 5.39. The van der Waals surface area contributed by atoms with Gasteiger partial charge in [0.05, 0.1) is 16.9 Å². The second-order valence-electron chi connectivity index (χ2n) is 7.97. The molecule has 0 heterocycles. The second-order valence-corrected chi connectivity index (χ2v) is 10.2. The van der Waals surface area contributed by atoms with Gasteiger partial charge in [0.2, 0.25) is 5.91 Å². The van der Waals surface area contributed by atoms with Crippen molar-refractivity contribution in [2.75, 3.05) is 40.0 Å². The van der Waals surface area contributed by atoms with E-state index in [1.807, 2.05) is 30.3 Å². The zero-order valence-electron chi connectivity index (χ0n) is 18.2. The summed E-state index contributed by atoms with van der Waals surface area (Å²) in [5.74, 6) is 0.943. The van der Waals surface area contributed by atoms with Crippen LogP contribution in [-0.2, 0) is 20.4 Å². The fourth-order valence-corrected chi connectivity index (χ4v) is 5.29. The molecule has 0 aromatic heterocycles. The summed E-state index contributed by atoms with van der Waals surface area (Å²) < 4.78 is 24.6. The summed E-state index contributed by atoms with van der Waals surface area (Å²) in [6.07, 6.45) is 4.38. The van der Waals surface area contributed by atoms with Gasteiger partial charge in [-0.25, -0.2) is 8.42 Å². The summed E-state index contributed by atoms with van der Waals surface area (Å²) in [6.45, 7) is 1.04. The van der Waals surface area contributed by atoms with E-state index < -0.39 is 9.84 Å². The maximum Gasteiger partial charge on any atom is 0.230 e. The molecule has 0 spiro atoms. The predicted octanol–water partition coefficient (Wildman–Crippen LogP) is 2.42. The van der Waals surface area contributed by atoms with Crippen LogP contribution in [0.25, 0.3) is 0 Å². The number of benzene rings is 1. The number of sulfone groups is 1. The third-order valence-corrected chi connectivity index (χ3v) is 7.08. The highest BCUT2D eigenvalue weighted by atomic mass is 127. The Balaban J connectivity index is 0.00000450. The highest BCUT2D eigenvalue weighted by molar-refractivity contribution is 14.0. The van der Waals surface area contributed by atoms with Crippen LogP contribution in [0.5, 0.6) is 0 Å². The Morgan fingerprint density at radius 1 is 1.13 bits per heavy atom. The first-order valence-electron chi connectivity index (χ1n) is 10.2. The lowest BCUT2D eigenvalue weighted by Gasteiger charge is -2.31. The molecule has 1 fully saturated rings. The van der Waals surface area contributed by atoms with Gasteiger partial charge in [-0.05, 0) is 24.8 Å². The average molecular weight is 551 g/mol. The van der Waals surface area contributed by atoms with E-state index in [1.165, 1.54) is 0 Å². The highest BCUT2D eigenvalue weighted by Gasteiger charge is 2.42. The van der Waals surface area contributed by atoms with Crippen molar-refractivity contribution >= 4 is 45.7 Å². The fraction of sp³-hybridized carbons (Fsp3) is 0.619.